The summed E-state index contributed by atoms with van der Waals surface area (Å²) in [6, 6.07) is 10.4. The van der Waals surface area contributed by atoms with E-state index in [0.29, 0.717) is 22.8 Å². The van der Waals surface area contributed by atoms with Crippen LogP contribution in [-0.4, -0.2) is 43.0 Å². The second-order valence-corrected chi connectivity index (χ2v) is 6.37. The lowest BCUT2D eigenvalue weighted by Crippen LogP contribution is -2.36. The van der Waals surface area contributed by atoms with Crippen LogP contribution >= 0.6 is 11.3 Å². The minimum Gasteiger partial charge on any atom is -0.337 e. The number of thiophene rings is 1. The van der Waals surface area contributed by atoms with Crippen LogP contribution in [-0.2, 0) is 0 Å². The molecule has 1 aromatic heterocycles. The third-order valence-corrected chi connectivity index (χ3v) is 4.60. The lowest BCUT2D eigenvalue weighted by atomic mass is 10.2. The fraction of sp³-hybridized carbons (Fsp3) is 0.333. The Kier molecular flexibility index (Phi) is 7.43. The zero-order valence-corrected chi connectivity index (χ0v) is 15.4. The molecule has 0 aliphatic heterocycles. The molecule has 0 atom stereocenters. The van der Waals surface area contributed by atoms with E-state index in [1.165, 1.54) is 11.3 Å². The van der Waals surface area contributed by atoms with E-state index < -0.39 is 0 Å². The van der Waals surface area contributed by atoms with Crippen LogP contribution in [0.3, 0.4) is 0 Å². The van der Waals surface area contributed by atoms with Gasteiger partial charge in [0.25, 0.3) is 5.91 Å². The second kappa shape index (κ2) is 9.80. The van der Waals surface area contributed by atoms with Gasteiger partial charge in [0.2, 0.25) is 0 Å². The van der Waals surface area contributed by atoms with Crippen LogP contribution in [0.15, 0.2) is 41.8 Å². The molecule has 7 heteroatoms. The standard InChI is InChI=1S/C18H24N4O2S/c1-3-22(4-2)11-10-19-18(24)21-15-8-5-7-14(13-15)20-17(23)16-9-6-12-25-16/h5-9,12-13H,3-4,10-11H2,1-2H3,(H,20,23)(H2,19,21,24). The maximum atomic E-state index is 12.1. The Morgan fingerprint density at radius 3 is 2.40 bits per heavy atom. The largest absolute Gasteiger partial charge is 0.337 e. The first-order valence-corrected chi connectivity index (χ1v) is 9.22. The summed E-state index contributed by atoms with van der Waals surface area (Å²) in [6.07, 6.45) is 0. The number of nitrogens with zero attached hydrogens (tertiary/aromatic N) is 1. The molecular formula is C18H24N4O2S. The maximum Gasteiger partial charge on any atom is 0.319 e. The molecule has 1 aromatic carbocycles. The first kappa shape index (κ1) is 19.0. The SMILES string of the molecule is CCN(CC)CCNC(=O)Nc1cccc(NC(=O)c2cccs2)c1. The van der Waals surface area contributed by atoms with E-state index >= 15 is 0 Å². The lowest BCUT2D eigenvalue weighted by Gasteiger charge is -2.18. The molecule has 0 saturated heterocycles. The van der Waals surface area contributed by atoms with E-state index in [4.69, 9.17) is 0 Å². The van der Waals surface area contributed by atoms with Gasteiger partial charge in [-0.15, -0.1) is 11.3 Å². The van der Waals surface area contributed by atoms with Gasteiger partial charge in [-0.3, -0.25) is 4.79 Å². The van der Waals surface area contributed by atoms with Crippen LogP contribution in [0, 0.1) is 0 Å². The summed E-state index contributed by atoms with van der Waals surface area (Å²) in [4.78, 5) is 26.9. The van der Waals surface area contributed by atoms with Crippen molar-refractivity contribution in [3.05, 3.63) is 46.7 Å². The third-order valence-electron chi connectivity index (χ3n) is 3.73. The number of hydrogen-bond acceptors (Lipinski definition) is 4. The highest BCUT2D eigenvalue weighted by Gasteiger charge is 2.08. The van der Waals surface area contributed by atoms with Crippen molar-refractivity contribution >= 4 is 34.6 Å². The van der Waals surface area contributed by atoms with Crippen LogP contribution < -0.4 is 16.0 Å². The topological polar surface area (TPSA) is 73.5 Å². The monoisotopic (exact) mass is 360 g/mol. The number of rotatable bonds is 8. The Bertz CT molecular complexity index is 684. The molecule has 0 aliphatic rings. The number of nitrogens with one attached hydrogen (secondary N) is 3. The summed E-state index contributed by atoms with van der Waals surface area (Å²) in [6.45, 7) is 7.52. The zero-order chi connectivity index (χ0) is 18.1. The van der Waals surface area contributed by atoms with E-state index in [1.54, 1.807) is 30.3 Å². The van der Waals surface area contributed by atoms with E-state index in [2.05, 4.69) is 34.7 Å². The first-order valence-electron chi connectivity index (χ1n) is 8.34. The van der Waals surface area contributed by atoms with Gasteiger partial charge in [-0.05, 0) is 42.7 Å². The molecule has 0 bridgehead atoms. The zero-order valence-electron chi connectivity index (χ0n) is 14.5. The summed E-state index contributed by atoms with van der Waals surface area (Å²) in [5.74, 6) is -0.157. The molecule has 3 amide bonds. The molecule has 0 fully saturated rings. The van der Waals surface area contributed by atoms with Gasteiger partial charge in [0.1, 0.15) is 0 Å². The molecule has 134 valence electrons. The van der Waals surface area contributed by atoms with E-state index in [-0.39, 0.29) is 11.9 Å². The van der Waals surface area contributed by atoms with Crippen molar-refractivity contribution in [2.24, 2.45) is 0 Å². The van der Waals surface area contributed by atoms with Crippen LogP contribution in [0.25, 0.3) is 0 Å². The van der Waals surface area contributed by atoms with E-state index in [1.807, 2.05) is 11.4 Å². The van der Waals surface area contributed by atoms with Crippen LogP contribution in [0.5, 0.6) is 0 Å². The van der Waals surface area contributed by atoms with Gasteiger partial charge in [0.05, 0.1) is 4.88 Å². The van der Waals surface area contributed by atoms with Gasteiger partial charge < -0.3 is 20.9 Å². The Hall–Kier alpha value is -2.38. The highest BCUT2D eigenvalue weighted by atomic mass is 32.1. The van der Waals surface area contributed by atoms with Crippen molar-refractivity contribution in [3.8, 4) is 0 Å². The molecule has 2 rings (SSSR count). The molecule has 2 aromatic rings. The van der Waals surface area contributed by atoms with Gasteiger partial charge in [0.15, 0.2) is 0 Å². The van der Waals surface area contributed by atoms with Gasteiger partial charge in [-0.1, -0.05) is 26.0 Å². The Balaban J connectivity index is 1.84. The highest BCUT2D eigenvalue weighted by molar-refractivity contribution is 7.12. The fourth-order valence-corrected chi connectivity index (χ4v) is 2.94. The van der Waals surface area contributed by atoms with E-state index in [9.17, 15) is 9.59 Å². The Morgan fingerprint density at radius 2 is 1.76 bits per heavy atom. The minimum absolute atomic E-state index is 0.157. The van der Waals surface area contributed by atoms with Crippen molar-refractivity contribution in [2.45, 2.75) is 13.8 Å². The van der Waals surface area contributed by atoms with Crippen LogP contribution in [0.1, 0.15) is 23.5 Å². The minimum atomic E-state index is -0.256. The predicted molar refractivity (Wildman–Crippen MR) is 104 cm³/mol. The van der Waals surface area contributed by atoms with Crippen LogP contribution in [0.2, 0.25) is 0 Å². The van der Waals surface area contributed by atoms with Crippen molar-refractivity contribution in [1.29, 1.82) is 0 Å². The number of benzene rings is 1. The smallest absolute Gasteiger partial charge is 0.319 e. The maximum absolute atomic E-state index is 12.1. The number of carbonyl (C=O) groups is 2. The summed E-state index contributed by atoms with van der Waals surface area (Å²) in [5.41, 5.74) is 1.27. The average Bonchev–Trinajstić information content (AvgIpc) is 3.14. The molecular weight excluding hydrogens is 336 g/mol. The summed E-state index contributed by atoms with van der Waals surface area (Å²) in [5, 5.41) is 10.3. The number of amides is 3. The van der Waals surface area contributed by atoms with Crippen molar-refractivity contribution in [2.75, 3.05) is 36.8 Å². The number of anilines is 2. The quantitative estimate of drug-likeness (QED) is 0.675. The molecule has 3 N–H and O–H groups in total. The third kappa shape index (κ3) is 6.21. The normalized spacial score (nSPS) is 10.5. The highest BCUT2D eigenvalue weighted by Crippen LogP contribution is 2.17. The number of urea groups is 1. The molecule has 1 heterocycles. The summed E-state index contributed by atoms with van der Waals surface area (Å²) < 4.78 is 0. The molecule has 0 unspecified atom stereocenters. The van der Waals surface area contributed by atoms with E-state index in [0.717, 1.165) is 19.6 Å². The number of hydrogen-bond donors (Lipinski definition) is 3. The molecule has 0 radical (unpaired) electrons. The molecule has 0 saturated carbocycles. The predicted octanol–water partition coefficient (Wildman–Crippen LogP) is 3.46. The van der Waals surface area contributed by atoms with Crippen molar-refractivity contribution < 1.29 is 9.59 Å². The lowest BCUT2D eigenvalue weighted by molar-refractivity contribution is 0.103. The molecule has 0 spiro atoms. The Labute approximate surface area is 152 Å². The fourth-order valence-electron chi connectivity index (χ4n) is 2.32. The average molecular weight is 360 g/mol. The second-order valence-electron chi connectivity index (χ2n) is 5.42. The van der Waals surface area contributed by atoms with Crippen molar-refractivity contribution in [3.63, 3.8) is 0 Å². The summed E-state index contributed by atoms with van der Waals surface area (Å²) in [7, 11) is 0. The van der Waals surface area contributed by atoms with Crippen molar-refractivity contribution in [1.82, 2.24) is 10.2 Å². The molecule has 25 heavy (non-hydrogen) atoms. The molecule has 0 aliphatic carbocycles. The summed E-state index contributed by atoms with van der Waals surface area (Å²) >= 11 is 1.38. The van der Waals surface area contributed by atoms with Gasteiger partial charge in [-0.25, -0.2) is 4.79 Å². The Morgan fingerprint density at radius 1 is 1.04 bits per heavy atom. The first-order chi connectivity index (χ1) is 12.1. The van der Waals surface area contributed by atoms with Gasteiger partial charge in [-0.2, -0.15) is 0 Å². The molecule has 6 nitrogen and oxygen atoms in total. The van der Waals surface area contributed by atoms with Gasteiger partial charge in [0, 0.05) is 24.5 Å². The number of likely N-dealkylation sites (N-methyl/N-ethyl adjacent to an activating group) is 1. The van der Waals surface area contributed by atoms with Crippen LogP contribution in [0.4, 0.5) is 16.2 Å². The van der Waals surface area contributed by atoms with Gasteiger partial charge >= 0.3 is 6.03 Å². The number of carbonyl (C=O) groups excluding carboxylic acids is 2.